The molecule has 0 aliphatic carbocycles. The summed E-state index contributed by atoms with van der Waals surface area (Å²) in [5.74, 6) is 3.35. The highest BCUT2D eigenvalue weighted by Gasteiger charge is 2.24. The van der Waals surface area contributed by atoms with Crippen LogP contribution in [-0.2, 0) is 11.2 Å². The van der Waals surface area contributed by atoms with Crippen molar-refractivity contribution in [3.63, 3.8) is 0 Å². The maximum atomic E-state index is 13.4. The van der Waals surface area contributed by atoms with Gasteiger partial charge in [0.05, 0.1) is 11.0 Å². The largest absolute Gasteiger partial charge is 0.354 e. The molecule has 2 aromatic heterocycles. The molecule has 0 unspecified atom stereocenters. The van der Waals surface area contributed by atoms with E-state index in [1.165, 1.54) is 16.4 Å². The fourth-order valence-corrected chi connectivity index (χ4v) is 7.13. The molecule has 2 N–H and O–H groups in total. The molecule has 3 aromatic rings. The van der Waals surface area contributed by atoms with Crippen LogP contribution in [0, 0.1) is 5.92 Å². The van der Waals surface area contributed by atoms with Crippen molar-refractivity contribution in [3.05, 3.63) is 52.0 Å². The number of carbonyl (C=O) groups excluding carboxylic acids is 2. The second-order valence-corrected chi connectivity index (χ2v) is 13.3. The maximum Gasteiger partial charge on any atom is 0.252 e. The average molecular weight is 584 g/mol. The van der Waals surface area contributed by atoms with Gasteiger partial charge in [0.2, 0.25) is 5.91 Å². The fourth-order valence-electron chi connectivity index (χ4n) is 5.45. The minimum absolute atomic E-state index is 0.103. The van der Waals surface area contributed by atoms with Crippen molar-refractivity contribution in [2.24, 2.45) is 5.92 Å². The predicted octanol–water partition coefficient (Wildman–Crippen LogP) is 5.75. The van der Waals surface area contributed by atoms with E-state index in [0.29, 0.717) is 24.6 Å². The molecule has 1 aliphatic rings. The Bertz CT molecular complexity index is 1230. The normalized spacial score (nSPS) is 15.2. The summed E-state index contributed by atoms with van der Waals surface area (Å²) in [6.45, 7) is 12.5. The molecule has 4 rings (SSSR count). The standard InChI is InChI=1S/C31H45N5O2S2/c1-5-24(6-2)36-28-11-10-23(20-26(28)33-29(36)21-25-9-7-16-40-25)30(37)34-27(19-22(3)4)31(38)32-12-8-13-35-14-17-39-18-15-35/h7,9-11,16,20,22,24,27H,5-6,8,12-15,17-19,21H2,1-4H3,(H,32,38)(H,34,37)/t27-/m0/s1. The minimum Gasteiger partial charge on any atom is -0.354 e. The second-order valence-electron chi connectivity index (χ2n) is 11.1. The van der Waals surface area contributed by atoms with Crippen molar-refractivity contribution in [3.8, 4) is 0 Å². The number of fused-ring (bicyclic) bond motifs is 1. The molecular weight excluding hydrogens is 539 g/mol. The zero-order chi connectivity index (χ0) is 28.5. The molecule has 0 spiro atoms. The van der Waals surface area contributed by atoms with Crippen LogP contribution < -0.4 is 10.6 Å². The number of nitrogens with one attached hydrogen (secondary N) is 2. The van der Waals surface area contributed by atoms with E-state index in [-0.39, 0.29) is 17.7 Å². The monoisotopic (exact) mass is 583 g/mol. The van der Waals surface area contributed by atoms with Crippen molar-refractivity contribution in [1.82, 2.24) is 25.1 Å². The van der Waals surface area contributed by atoms with Crippen LogP contribution in [0.2, 0.25) is 0 Å². The first kappa shape index (κ1) is 30.6. The molecule has 1 saturated heterocycles. The number of thioether (sulfide) groups is 1. The first-order chi connectivity index (χ1) is 19.4. The first-order valence-electron chi connectivity index (χ1n) is 14.8. The van der Waals surface area contributed by atoms with Gasteiger partial charge in [-0.05, 0) is 67.8 Å². The van der Waals surface area contributed by atoms with Crippen molar-refractivity contribution in [2.75, 3.05) is 37.7 Å². The lowest BCUT2D eigenvalue weighted by Gasteiger charge is -2.26. The van der Waals surface area contributed by atoms with Crippen LogP contribution in [0.1, 0.15) is 80.5 Å². The number of thiophene rings is 1. The number of carbonyl (C=O) groups is 2. The molecule has 0 radical (unpaired) electrons. The molecular formula is C31H45N5O2S2. The fraction of sp³-hybridized carbons (Fsp3) is 0.581. The average Bonchev–Trinajstić information content (AvgIpc) is 3.59. The number of hydrogen-bond acceptors (Lipinski definition) is 6. The van der Waals surface area contributed by atoms with E-state index < -0.39 is 6.04 Å². The van der Waals surface area contributed by atoms with Crippen molar-refractivity contribution >= 4 is 45.9 Å². The molecule has 3 heterocycles. The van der Waals surface area contributed by atoms with Crippen LogP contribution in [0.3, 0.4) is 0 Å². The molecule has 9 heteroatoms. The number of aromatic nitrogens is 2. The summed E-state index contributed by atoms with van der Waals surface area (Å²) >= 11 is 3.75. The van der Waals surface area contributed by atoms with Gasteiger partial charge >= 0.3 is 0 Å². The van der Waals surface area contributed by atoms with Crippen molar-refractivity contribution < 1.29 is 9.59 Å². The maximum absolute atomic E-state index is 13.4. The second kappa shape index (κ2) is 15.0. The third kappa shape index (κ3) is 8.10. The molecule has 1 aliphatic heterocycles. The van der Waals surface area contributed by atoms with Gasteiger partial charge in [-0.25, -0.2) is 4.98 Å². The summed E-state index contributed by atoms with van der Waals surface area (Å²) in [7, 11) is 0. The summed E-state index contributed by atoms with van der Waals surface area (Å²) in [6, 6.07) is 9.77. The molecule has 1 fully saturated rings. The van der Waals surface area contributed by atoms with E-state index in [2.05, 4.69) is 65.3 Å². The van der Waals surface area contributed by atoms with Crippen LogP contribution in [0.5, 0.6) is 0 Å². The molecule has 1 atom stereocenters. The molecule has 218 valence electrons. The highest BCUT2D eigenvalue weighted by Crippen LogP contribution is 2.28. The summed E-state index contributed by atoms with van der Waals surface area (Å²) in [5.41, 5.74) is 2.42. The Morgan fingerprint density at radius 3 is 2.55 bits per heavy atom. The van der Waals surface area contributed by atoms with E-state index in [4.69, 9.17) is 4.98 Å². The van der Waals surface area contributed by atoms with Gasteiger partial charge in [-0.3, -0.25) is 9.59 Å². The van der Waals surface area contributed by atoms with E-state index in [9.17, 15) is 9.59 Å². The Kier molecular flexibility index (Phi) is 11.5. The highest BCUT2D eigenvalue weighted by molar-refractivity contribution is 7.99. The van der Waals surface area contributed by atoms with Gasteiger partial charge in [0.1, 0.15) is 11.9 Å². The van der Waals surface area contributed by atoms with Crippen LogP contribution in [0.4, 0.5) is 0 Å². The Morgan fingerprint density at radius 2 is 1.88 bits per heavy atom. The Morgan fingerprint density at radius 1 is 1.10 bits per heavy atom. The molecule has 0 bridgehead atoms. The Hall–Kier alpha value is -2.36. The van der Waals surface area contributed by atoms with Gasteiger partial charge in [-0.1, -0.05) is 33.8 Å². The lowest BCUT2D eigenvalue weighted by molar-refractivity contribution is -0.123. The Labute approximate surface area is 247 Å². The number of hydrogen-bond donors (Lipinski definition) is 2. The number of benzene rings is 1. The number of rotatable bonds is 14. The van der Waals surface area contributed by atoms with E-state index in [1.807, 2.05) is 30.0 Å². The van der Waals surface area contributed by atoms with Crippen LogP contribution in [0.15, 0.2) is 35.7 Å². The highest BCUT2D eigenvalue weighted by atomic mass is 32.2. The zero-order valence-electron chi connectivity index (χ0n) is 24.4. The smallest absolute Gasteiger partial charge is 0.252 e. The summed E-state index contributed by atoms with van der Waals surface area (Å²) in [5, 5.41) is 8.19. The number of nitrogens with zero attached hydrogens (tertiary/aromatic N) is 3. The van der Waals surface area contributed by atoms with Crippen molar-refractivity contribution in [2.45, 2.75) is 71.9 Å². The van der Waals surface area contributed by atoms with Gasteiger partial charge in [0.25, 0.3) is 5.91 Å². The quantitative estimate of drug-likeness (QED) is 0.236. The summed E-state index contributed by atoms with van der Waals surface area (Å²) in [6.07, 6.45) is 4.33. The van der Waals surface area contributed by atoms with E-state index in [0.717, 1.165) is 62.2 Å². The van der Waals surface area contributed by atoms with E-state index >= 15 is 0 Å². The van der Waals surface area contributed by atoms with Crippen LogP contribution in [-0.4, -0.2) is 70.0 Å². The number of imidazole rings is 1. The number of amides is 2. The van der Waals surface area contributed by atoms with Gasteiger partial charge in [0, 0.05) is 54.0 Å². The van der Waals surface area contributed by atoms with Crippen LogP contribution >= 0.6 is 23.1 Å². The third-order valence-corrected chi connectivity index (χ3v) is 9.45. The molecule has 7 nitrogen and oxygen atoms in total. The van der Waals surface area contributed by atoms with E-state index in [1.54, 1.807) is 11.3 Å². The SMILES string of the molecule is CCC(CC)n1c(Cc2cccs2)nc2cc(C(=O)N[C@@H](CC(C)C)C(=O)NCCCN3CCSCC3)ccc21. The summed E-state index contributed by atoms with van der Waals surface area (Å²) in [4.78, 5) is 35.2. The minimum atomic E-state index is -0.564. The lowest BCUT2D eigenvalue weighted by atomic mass is 10.0. The Balaban J connectivity index is 1.45. The van der Waals surface area contributed by atoms with Crippen molar-refractivity contribution in [1.29, 1.82) is 0 Å². The molecule has 40 heavy (non-hydrogen) atoms. The molecule has 1 aromatic carbocycles. The van der Waals surface area contributed by atoms with Gasteiger partial charge in [0.15, 0.2) is 0 Å². The topological polar surface area (TPSA) is 79.3 Å². The molecule has 2 amide bonds. The summed E-state index contributed by atoms with van der Waals surface area (Å²) < 4.78 is 2.36. The first-order valence-corrected chi connectivity index (χ1v) is 16.8. The van der Waals surface area contributed by atoms with Crippen LogP contribution in [0.25, 0.3) is 11.0 Å². The third-order valence-electron chi connectivity index (χ3n) is 7.63. The van der Waals surface area contributed by atoms with Gasteiger partial charge < -0.3 is 20.1 Å². The predicted molar refractivity (Wildman–Crippen MR) is 169 cm³/mol. The molecule has 0 saturated carbocycles. The van der Waals surface area contributed by atoms with Gasteiger partial charge in [-0.15, -0.1) is 11.3 Å². The lowest BCUT2D eigenvalue weighted by Crippen LogP contribution is -2.48. The van der Waals surface area contributed by atoms with Gasteiger partial charge in [-0.2, -0.15) is 11.8 Å². The zero-order valence-corrected chi connectivity index (χ0v) is 26.1.